The fourth-order valence-corrected chi connectivity index (χ4v) is 0.385. The molecule has 11 heavy (non-hydrogen) atoms. The second-order valence-electron chi connectivity index (χ2n) is 1.48. The average molecular weight is 243 g/mol. The second kappa shape index (κ2) is 6.14. The molecule has 0 aromatic carbocycles. The molecular weight excluding hydrogens is 236 g/mol. The topological polar surface area (TPSA) is 52.3 Å². The zero-order chi connectivity index (χ0) is 8.20. The molecule has 0 saturated heterocycles. The minimum absolute atomic E-state index is 0. The lowest BCUT2D eigenvalue weighted by molar-refractivity contribution is -0.141. The van der Waals surface area contributed by atoms with Crippen LogP contribution in [0.2, 0.25) is 0 Å². The largest absolute Gasteiger partial charge is 0.460 e. The summed E-state index contributed by atoms with van der Waals surface area (Å²) in [6.45, 7) is -0.478. The maximum Gasteiger partial charge on any atom is 0.319 e. The number of carbonyl (C=O) groups excluding carboxylic acids is 1. The highest BCUT2D eigenvalue weighted by atomic mass is 35.6. The minimum atomic E-state index is -1.55. The van der Waals surface area contributed by atoms with Gasteiger partial charge in [-0.1, -0.05) is 34.8 Å². The van der Waals surface area contributed by atoms with E-state index in [1.807, 2.05) is 0 Å². The van der Waals surface area contributed by atoms with Crippen LogP contribution in [-0.2, 0) is 9.53 Å². The van der Waals surface area contributed by atoms with Crippen molar-refractivity contribution in [1.29, 1.82) is 0 Å². The summed E-state index contributed by atoms with van der Waals surface area (Å²) in [6, 6.07) is 0. The molecule has 0 aliphatic heterocycles. The van der Waals surface area contributed by atoms with E-state index in [0.29, 0.717) is 0 Å². The van der Waals surface area contributed by atoms with E-state index in [2.05, 4.69) is 4.74 Å². The van der Waals surface area contributed by atoms with Gasteiger partial charge in [0.05, 0.1) is 6.54 Å². The van der Waals surface area contributed by atoms with Gasteiger partial charge in [-0.3, -0.25) is 4.79 Å². The number of alkyl halides is 3. The van der Waals surface area contributed by atoms with Crippen molar-refractivity contribution in [1.82, 2.24) is 0 Å². The van der Waals surface area contributed by atoms with Crippen molar-refractivity contribution >= 4 is 53.2 Å². The summed E-state index contributed by atoms with van der Waals surface area (Å²) in [7, 11) is 0. The Morgan fingerprint density at radius 3 is 2.18 bits per heavy atom. The Bertz CT molecular complexity index is 124. The van der Waals surface area contributed by atoms with Crippen LogP contribution in [0, 0.1) is 0 Å². The van der Waals surface area contributed by atoms with Crippen LogP contribution < -0.4 is 5.73 Å². The van der Waals surface area contributed by atoms with Crippen LogP contribution in [0.25, 0.3) is 0 Å². The minimum Gasteiger partial charge on any atom is -0.460 e. The molecule has 0 aromatic rings. The third kappa shape index (κ3) is 10.6. The monoisotopic (exact) mass is 241 g/mol. The Morgan fingerprint density at radius 1 is 1.45 bits per heavy atom. The van der Waals surface area contributed by atoms with Crippen LogP contribution in [0.3, 0.4) is 0 Å². The van der Waals surface area contributed by atoms with Crippen molar-refractivity contribution < 1.29 is 9.53 Å². The van der Waals surface area contributed by atoms with Gasteiger partial charge in [-0.2, -0.15) is 0 Å². The van der Waals surface area contributed by atoms with Gasteiger partial charge in [0.25, 0.3) is 0 Å². The maximum absolute atomic E-state index is 10.3. The van der Waals surface area contributed by atoms with Gasteiger partial charge in [-0.25, -0.2) is 0 Å². The summed E-state index contributed by atoms with van der Waals surface area (Å²) in [5, 5.41) is 0. The first-order valence-corrected chi connectivity index (χ1v) is 3.51. The molecule has 0 fully saturated rings. The molecule has 0 rings (SSSR count). The van der Waals surface area contributed by atoms with Gasteiger partial charge in [0.1, 0.15) is 6.61 Å². The molecule has 68 valence electrons. The van der Waals surface area contributed by atoms with Gasteiger partial charge >= 0.3 is 5.97 Å². The number of ether oxygens (including phenoxy) is 1. The van der Waals surface area contributed by atoms with Crippen LogP contribution in [0.4, 0.5) is 0 Å². The van der Waals surface area contributed by atoms with Crippen LogP contribution >= 0.6 is 47.2 Å². The van der Waals surface area contributed by atoms with Crippen LogP contribution in [0.1, 0.15) is 0 Å². The van der Waals surface area contributed by atoms with E-state index in [4.69, 9.17) is 40.5 Å². The molecule has 3 nitrogen and oxygen atoms in total. The van der Waals surface area contributed by atoms with Gasteiger partial charge in [-0.05, 0) is 0 Å². The number of nitrogens with two attached hydrogens (primary N) is 1. The molecule has 0 unspecified atom stereocenters. The number of esters is 1. The number of hydrogen-bond acceptors (Lipinski definition) is 3. The zero-order valence-corrected chi connectivity index (χ0v) is 8.43. The van der Waals surface area contributed by atoms with Crippen molar-refractivity contribution in [3.8, 4) is 0 Å². The molecule has 0 aliphatic carbocycles. The summed E-state index contributed by atoms with van der Waals surface area (Å²) in [4.78, 5) is 10.3. The summed E-state index contributed by atoms with van der Waals surface area (Å²) >= 11 is 15.7. The molecule has 0 saturated carbocycles. The van der Waals surface area contributed by atoms with Gasteiger partial charge in [0.2, 0.25) is 3.79 Å². The smallest absolute Gasteiger partial charge is 0.319 e. The van der Waals surface area contributed by atoms with Crippen LogP contribution in [0.15, 0.2) is 0 Å². The van der Waals surface area contributed by atoms with Gasteiger partial charge in [0.15, 0.2) is 0 Å². The highest BCUT2D eigenvalue weighted by Gasteiger charge is 2.21. The first-order valence-electron chi connectivity index (χ1n) is 2.38. The lowest BCUT2D eigenvalue weighted by Crippen LogP contribution is -2.22. The second-order valence-corrected chi connectivity index (χ2v) is 4.00. The fourth-order valence-electron chi connectivity index (χ4n) is 0.221. The zero-order valence-electron chi connectivity index (χ0n) is 5.35. The van der Waals surface area contributed by atoms with E-state index >= 15 is 0 Å². The van der Waals surface area contributed by atoms with Crippen molar-refractivity contribution in [2.75, 3.05) is 13.2 Å². The fraction of sp³-hybridized carbons (Fsp3) is 0.750. The van der Waals surface area contributed by atoms with Crippen molar-refractivity contribution in [3.63, 3.8) is 0 Å². The van der Waals surface area contributed by atoms with Crippen LogP contribution in [0.5, 0.6) is 0 Å². The predicted molar refractivity (Wildman–Crippen MR) is 47.6 cm³/mol. The Morgan fingerprint density at radius 2 is 1.91 bits per heavy atom. The van der Waals surface area contributed by atoms with Gasteiger partial charge < -0.3 is 10.5 Å². The van der Waals surface area contributed by atoms with Gasteiger partial charge in [-0.15, -0.1) is 12.4 Å². The molecule has 0 spiro atoms. The first-order chi connectivity index (χ1) is 4.45. The Balaban J connectivity index is 0. The number of carbonyl (C=O) groups is 1. The van der Waals surface area contributed by atoms with E-state index in [0.717, 1.165) is 0 Å². The molecule has 0 amide bonds. The maximum atomic E-state index is 10.3. The van der Waals surface area contributed by atoms with E-state index in [9.17, 15) is 4.79 Å². The SMILES string of the molecule is Cl.NCC(=O)OCC(Cl)(Cl)Cl. The number of hydrogen-bond donors (Lipinski definition) is 1. The lowest BCUT2D eigenvalue weighted by Gasteiger charge is -2.09. The van der Waals surface area contributed by atoms with E-state index in [1.165, 1.54) is 0 Å². The van der Waals surface area contributed by atoms with E-state index in [1.54, 1.807) is 0 Å². The summed E-state index contributed by atoms with van der Waals surface area (Å²) in [5.41, 5.74) is 4.90. The quantitative estimate of drug-likeness (QED) is 0.587. The molecule has 7 heteroatoms. The number of halogens is 4. The summed E-state index contributed by atoms with van der Waals surface area (Å²) < 4.78 is 2.85. The molecule has 0 bridgehead atoms. The molecule has 0 aliphatic rings. The lowest BCUT2D eigenvalue weighted by atomic mass is 10.7. The first kappa shape index (κ1) is 14.1. The standard InChI is InChI=1S/C4H6Cl3NO2.ClH/c5-4(6,7)2-10-3(9)1-8;/h1-2,8H2;1H. The molecule has 0 aromatic heterocycles. The molecular formula is C4H7Cl4NO2. The molecule has 0 radical (unpaired) electrons. The Labute approximate surface area is 85.5 Å². The highest BCUT2D eigenvalue weighted by molar-refractivity contribution is 6.67. The predicted octanol–water partition coefficient (Wildman–Crippen LogP) is 1.28. The molecule has 0 heterocycles. The average Bonchev–Trinajstić information content (AvgIpc) is 1.81. The Kier molecular flexibility index (Phi) is 7.89. The third-order valence-corrected chi connectivity index (χ3v) is 0.891. The van der Waals surface area contributed by atoms with E-state index < -0.39 is 9.76 Å². The van der Waals surface area contributed by atoms with Gasteiger partial charge in [0, 0.05) is 0 Å². The third-order valence-electron chi connectivity index (χ3n) is 0.563. The summed E-state index contributed by atoms with van der Waals surface area (Å²) in [5.74, 6) is -0.591. The van der Waals surface area contributed by atoms with Crippen molar-refractivity contribution in [2.24, 2.45) is 5.73 Å². The normalized spacial score (nSPS) is 10.2. The summed E-state index contributed by atoms with van der Waals surface area (Å²) in [6.07, 6.45) is 0. The van der Waals surface area contributed by atoms with Crippen molar-refractivity contribution in [3.05, 3.63) is 0 Å². The number of rotatable bonds is 2. The van der Waals surface area contributed by atoms with Crippen LogP contribution in [-0.4, -0.2) is 22.9 Å². The highest BCUT2D eigenvalue weighted by Crippen LogP contribution is 2.25. The Hall–Kier alpha value is 0.590. The van der Waals surface area contributed by atoms with E-state index in [-0.39, 0.29) is 25.6 Å². The molecule has 2 N–H and O–H groups in total. The molecule has 0 atom stereocenters. The van der Waals surface area contributed by atoms with Crippen molar-refractivity contribution in [2.45, 2.75) is 3.79 Å².